The molecule has 1 aromatic rings. The van der Waals surface area contributed by atoms with Gasteiger partial charge in [0.05, 0.1) is 30.6 Å². The number of ether oxygens (including phenoxy) is 1. The Balaban J connectivity index is 1.78. The molecule has 0 aliphatic carbocycles. The summed E-state index contributed by atoms with van der Waals surface area (Å²) in [6, 6.07) is 7.86. The Labute approximate surface area is 201 Å². The maximum atomic E-state index is 14.1. The third-order valence-electron chi connectivity index (χ3n) is 7.20. The highest BCUT2D eigenvalue weighted by molar-refractivity contribution is 9.09. The van der Waals surface area contributed by atoms with Crippen LogP contribution in [0.4, 0.5) is 0 Å². The van der Waals surface area contributed by atoms with Crippen LogP contribution in [0.25, 0.3) is 0 Å². The van der Waals surface area contributed by atoms with E-state index < -0.39 is 47.5 Å². The Morgan fingerprint density at radius 1 is 1.39 bits per heavy atom. The molecule has 3 aliphatic rings. The second kappa shape index (κ2) is 9.19. The smallest absolute Gasteiger partial charge is 0.310 e. The average Bonchev–Trinajstić information content (AvgIpc) is 3.39. The van der Waals surface area contributed by atoms with Crippen LogP contribution < -0.4 is 0 Å². The van der Waals surface area contributed by atoms with Crippen LogP contribution in [0.1, 0.15) is 25.3 Å². The third-order valence-corrected chi connectivity index (χ3v) is 8.04. The van der Waals surface area contributed by atoms with Gasteiger partial charge in [0.25, 0.3) is 0 Å². The van der Waals surface area contributed by atoms with Crippen molar-refractivity contribution in [2.75, 3.05) is 13.2 Å². The van der Waals surface area contributed by atoms with Gasteiger partial charge >= 0.3 is 5.97 Å². The number of benzene rings is 1. The summed E-state index contributed by atoms with van der Waals surface area (Å²) in [7, 11) is 0. The normalized spacial score (nSPS) is 33.1. The first kappa shape index (κ1) is 23.9. The first-order chi connectivity index (χ1) is 15.8. The zero-order chi connectivity index (χ0) is 23.9. The number of carboxylic acid groups (broad SMARTS) is 1. The molecule has 3 fully saturated rings. The minimum Gasteiger partial charge on any atom is -0.481 e. The largest absolute Gasteiger partial charge is 0.481 e. The minimum absolute atomic E-state index is 0.256. The Bertz CT molecular complexity index is 938. The number of alkyl halides is 1. The molecule has 1 unspecified atom stereocenters. The molecule has 8 nitrogen and oxygen atoms in total. The number of nitrogens with zero attached hydrogens (tertiary/aromatic N) is 2. The van der Waals surface area contributed by atoms with E-state index in [4.69, 9.17) is 4.74 Å². The van der Waals surface area contributed by atoms with Crippen molar-refractivity contribution in [3.05, 3.63) is 48.6 Å². The summed E-state index contributed by atoms with van der Waals surface area (Å²) in [4.78, 5) is 42.7. The highest BCUT2D eigenvalue weighted by Gasteiger charge is 2.77. The van der Waals surface area contributed by atoms with Crippen molar-refractivity contribution in [1.29, 1.82) is 0 Å². The molecule has 3 heterocycles. The van der Waals surface area contributed by atoms with E-state index in [1.807, 2.05) is 37.3 Å². The lowest BCUT2D eigenvalue weighted by Gasteiger charge is -2.39. The van der Waals surface area contributed by atoms with E-state index in [2.05, 4.69) is 22.5 Å². The monoisotopic (exact) mass is 520 g/mol. The second-order valence-electron chi connectivity index (χ2n) is 8.98. The topological polar surface area (TPSA) is 107 Å². The zero-order valence-corrected chi connectivity index (χ0v) is 20.1. The van der Waals surface area contributed by atoms with E-state index in [-0.39, 0.29) is 23.9 Å². The number of carbonyl (C=O) groups excluding carboxylic acids is 2. The zero-order valence-electron chi connectivity index (χ0n) is 18.5. The molecule has 0 radical (unpaired) electrons. The van der Waals surface area contributed by atoms with Crippen LogP contribution >= 0.6 is 15.9 Å². The molecule has 0 aromatic heterocycles. The Kier molecular flexibility index (Phi) is 6.66. The number of hydrogen-bond acceptors (Lipinski definition) is 5. The quantitative estimate of drug-likeness (QED) is 0.379. The van der Waals surface area contributed by atoms with Crippen LogP contribution in [0.5, 0.6) is 0 Å². The maximum Gasteiger partial charge on any atom is 0.310 e. The van der Waals surface area contributed by atoms with Crippen LogP contribution in [0.2, 0.25) is 0 Å². The van der Waals surface area contributed by atoms with Gasteiger partial charge in [0, 0.05) is 17.9 Å². The van der Waals surface area contributed by atoms with E-state index in [9.17, 15) is 24.6 Å². The number of aliphatic carboxylic acids is 1. The van der Waals surface area contributed by atoms with E-state index in [1.165, 1.54) is 4.90 Å². The van der Waals surface area contributed by atoms with Gasteiger partial charge < -0.3 is 24.7 Å². The maximum absolute atomic E-state index is 14.1. The van der Waals surface area contributed by atoms with Crippen LogP contribution in [0.15, 0.2) is 43.0 Å². The molecule has 2 N–H and O–H groups in total. The molecule has 178 valence electrons. The van der Waals surface area contributed by atoms with Crippen LogP contribution in [0, 0.1) is 11.8 Å². The molecule has 0 saturated carbocycles. The molecular weight excluding hydrogens is 492 g/mol. The number of amides is 2. The van der Waals surface area contributed by atoms with Gasteiger partial charge in [0.15, 0.2) is 0 Å². The number of rotatable bonds is 9. The predicted octanol–water partition coefficient (Wildman–Crippen LogP) is 1.80. The number of likely N-dealkylation sites (tertiary alicyclic amines) is 1. The summed E-state index contributed by atoms with van der Waals surface area (Å²) in [5, 5.41) is 20.0. The van der Waals surface area contributed by atoms with Gasteiger partial charge in [0.2, 0.25) is 11.8 Å². The van der Waals surface area contributed by atoms with E-state index in [1.54, 1.807) is 11.0 Å². The molecule has 1 spiro atoms. The van der Waals surface area contributed by atoms with Crippen molar-refractivity contribution in [1.82, 2.24) is 9.80 Å². The first-order valence-electron chi connectivity index (χ1n) is 11.2. The van der Waals surface area contributed by atoms with Crippen LogP contribution in [-0.4, -0.2) is 79.6 Å². The highest BCUT2D eigenvalue weighted by Crippen LogP contribution is 2.60. The van der Waals surface area contributed by atoms with Crippen molar-refractivity contribution < 1.29 is 29.3 Å². The minimum atomic E-state index is -1.26. The van der Waals surface area contributed by atoms with E-state index in [0.717, 1.165) is 5.56 Å². The van der Waals surface area contributed by atoms with Gasteiger partial charge in [0.1, 0.15) is 11.6 Å². The van der Waals surface area contributed by atoms with Crippen molar-refractivity contribution >= 4 is 33.7 Å². The molecule has 1 aromatic carbocycles. The number of aliphatic hydroxyl groups excluding tert-OH is 1. The SMILES string of the molecule is C=CCN(Cc1ccccc1)C(=O)[C@@H]1N([C@@H](CC)CO)C(=O)[C@H]2[C@H](C(=O)O)[C@H]3O[C@@]12CC3Br. The van der Waals surface area contributed by atoms with Gasteiger partial charge in [-0.2, -0.15) is 0 Å². The van der Waals surface area contributed by atoms with Crippen LogP contribution in [0.3, 0.4) is 0 Å². The second-order valence-corrected chi connectivity index (χ2v) is 10.2. The molecule has 3 aliphatic heterocycles. The van der Waals surface area contributed by atoms with E-state index in [0.29, 0.717) is 19.4 Å². The van der Waals surface area contributed by atoms with Gasteiger partial charge in [-0.15, -0.1) is 6.58 Å². The van der Waals surface area contributed by atoms with Gasteiger partial charge in [-0.25, -0.2) is 0 Å². The first-order valence-corrected chi connectivity index (χ1v) is 12.1. The molecule has 2 bridgehead atoms. The lowest BCUT2D eigenvalue weighted by atomic mass is 9.70. The van der Waals surface area contributed by atoms with E-state index >= 15 is 0 Å². The highest BCUT2D eigenvalue weighted by atomic mass is 79.9. The molecule has 33 heavy (non-hydrogen) atoms. The van der Waals surface area contributed by atoms with Crippen molar-refractivity contribution in [2.24, 2.45) is 11.8 Å². The average molecular weight is 521 g/mol. The Morgan fingerprint density at radius 2 is 2.09 bits per heavy atom. The summed E-state index contributed by atoms with van der Waals surface area (Å²) in [5.41, 5.74) is -0.334. The number of carboxylic acids is 1. The lowest BCUT2D eigenvalue weighted by Crippen LogP contribution is -2.58. The molecule has 3 saturated heterocycles. The fraction of sp³-hybridized carbons (Fsp3) is 0.542. The summed E-state index contributed by atoms with van der Waals surface area (Å²) in [6.45, 7) is 5.85. The van der Waals surface area contributed by atoms with Crippen molar-refractivity contribution in [2.45, 2.75) is 54.9 Å². The van der Waals surface area contributed by atoms with Crippen molar-refractivity contribution in [3.63, 3.8) is 0 Å². The summed E-state index contributed by atoms with van der Waals surface area (Å²) in [6.07, 6.45) is 1.71. The molecule has 9 heteroatoms. The van der Waals surface area contributed by atoms with Crippen LogP contribution in [-0.2, 0) is 25.7 Å². The number of carbonyl (C=O) groups is 3. The lowest BCUT2D eigenvalue weighted by molar-refractivity contribution is -0.153. The molecule has 4 rings (SSSR count). The fourth-order valence-corrected chi connectivity index (χ4v) is 6.74. The third kappa shape index (κ3) is 3.70. The Hall–Kier alpha value is -2.23. The molecule has 7 atom stereocenters. The Morgan fingerprint density at radius 3 is 2.67 bits per heavy atom. The molecule has 2 amide bonds. The fourth-order valence-electron chi connectivity index (χ4n) is 5.80. The number of hydrogen-bond donors (Lipinski definition) is 2. The summed E-state index contributed by atoms with van der Waals surface area (Å²) in [5.74, 6) is -3.88. The van der Waals surface area contributed by atoms with Gasteiger partial charge in [-0.3, -0.25) is 14.4 Å². The van der Waals surface area contributed by atoms with Gasteiger partial charge in [-0.05, 0) is 18.4 Å². The molecular formula is C24H29BrN2O6. The number of fused-ring (bicyclic) bond motifs is 1. The van der Waals surface area contributed by atoms with Gasteiger partial charge in [-0.1, -0.05) is 59.3 Å². The summed E-state index contributed by atoms with van der Waals surface area (Å²) < 4.78 is 6.28. The number of halogens is 1. The predicted molar refractivity (Wildman–Crippen MR) is 123 cm³/mol. The number of aliphatic hydroxyl groups is 1. The standard InChI is InChI=1S/C24H29BrN2O6/c1-3-10-26(12-14-8-6-5-7-9-14)22(30)20-24-11-16(25)19(33-24)17(23(31)32)18(24)21(29)27(20)15(4-2)13-28/h3,5-9,15-20,28H,1,4,10-13H2,2H3,(H,31,32)/t15-,16?,17-,18+,19-,20-,24+/m0/s1. The van der Waals surface area contributed by atoms with Crippen molar-refractivity contribution in [3.8, 4) is 0 Å². The summed E-state index contributed by atoms with van der Waals surface area (Å²) >= 11 is 3.54.